The molecule has 3 unspecified atom stereocenters. The van der Waals surface area contributed by atoms with Crippen LogP contribution in [-0.4, -0.2) is 29.7 Å². The van der Waals surface area contributed by atoms with Crippen molar-refractivity contribution in [3.8, 4) is 0 Å². The maximum Gasteiger partial charge on any atom is 0.127 e. The van der Waals surface area contributed by atoms with Crippen LogP contribution in [-0.2, 0) is 6.42 Å². The largest absolute Gasteiger partial charge is 0.390 e. The smallest absolute Gasteiger partial charge is 0.127 e. The Balaban J connectivity index is 1.88. The summed E-state index contributed by atoms with van der Waals surface area (Å²) >= 11 is 0. The van der Waals surface area contributed by atoms with Gasteiger partial charge in [-0.05, 0) is 57.5 Å². The van der Waals surface area contributed by atoms with Gasteiger partial charge in [-0.1, -0.05) is 49.2 Å². The van der Waals surface area contributed by atoms with E-state index in [2.05, 4.69) is 0 Å². The highest BCUT2D eigenvalue weighted by atomic mass is 19.1. The van der Waals surface area contributed by atoms with E-state index >= 15 is 0 Å². The summed E-state index contributed by atoms with van der Waals surface area (Å²) in [6.45, 7) is 0. The van der Waals surface area contributed by atoms with Crippen LogP contribution in [0.3, 0.4) is 0 Å². The molecule has 146 valence electrons. The molecule has 1 aliphatic carbocycles. The number of hydrogen-bond donors (Lipinski definition) is 1. The van der Waals surface area contributed by atoms with Gasteiger partial charge in [-0.2, -0.15) is 0 Å². The van der Waals surface area contributed by atoms with Crippen LogP contribution in [0.1, 0.15) is 49.3 Å². The third-order valence-corrected chi connectivity index (χ3v) is 6.01. The lowest BCUT2D eigenvalue weighted by Gasteiger charge is -2.46. The molecule has 2 aromatic carbocycles. The van der Waals surface area contributed by atoms with E-state index in [9.17, 15) is 13.9 Å². The molecule has 2 nitrogen and oxygen atoms in total. The summed E-state index contributed by atoms with van der Waals surface area (Å²) < 4.78 is 28.6. The highest BCUT2D eigenvalue weighted by Crippen LogP contribution is 2.46. The van der Waals surface area contributed by atoms with Crippen LogP contribution < -0.4 is 0 Å². The lowest BCUT2D eigenvalue weighted by molar-refractivity contribution is -0.0834. The number of benzene rings is 2. The van der Waals surface area contributed by atoms with E-state index in [1.54, 1.807) is 18.2 Å². The van der Waals surface area contributed by atoms with E-state index < -0.39 is 5.60 Å². The van der Waals surface area contributed by atoms with Gasteiger partial charge in [-0.25, -0.2) is 8.78 Å². The molecule has 27 heavy (non-hydrogen) atoms. The fourth-order valence-corrected chi connectivity index (χ4v) is 4.63. The second kappa shape index (κ2) is 8.49. The van der Waals surface area contributed by atoms with Gasteiger partial charge >= 0.3 is 0 Å². The van der Waals surface area contributed by atoms with Crippen molar-refractivity contribution >= 4 is 0 Å². The lowest BCUT2D eigenvalue weighted by atomic mass is 9.67. The van der Waals surface area contributed by atoms with E-state index in [0.717, 1.165) is 19.3 Å². The number of halogens is 2. The van der Waals surface area contributed by atoms with Crippen LogP contribution in [0.25, 0.3) is 0 Å². The molecule has 3 rings (SSSR count). The molecule has 1 N–H and O–H groups in total. The molecular formula is C23H29F2NO. The van der Waals surface area contributed by atoms with E-state index in [0.29, 0.717) is 30.4 Å². The predicted molar refractivity (Wildman–Crippen MR) is 104 cm³/mol. The Morgan fingerprint density at radius 2 is 1.70 bits per heavy atom. The van der Waals surface area contributed by atoms with Crippen molar-refractivity contribution in [2.75, 3.05) is 14.1 Å². The van der Waals surface area contributed by atoms with Crippen molar-refractivity contribution < 1.29 is 13.9 Å². The fraction of sp³-hybridized carbons (Fsp3) is 0.478. The normalized spacial score (nSPS) is 24.1. The molecule has 2 aromatic rings. The van der Waals surface area contributed by atoms with Crippen molar-refractivity contribution in [3.05, 3.63) is 71.3 Å². The first-order valence-electron chi connectivity index (χ1n) is 9.79. The van der Waals surface area contributed by atoms with E-state index in [-0.39, 0.29) is 23.6 Å². The van der Waals surface area contributed by atoms with Crippen molar-refractivity contribution in [3.63, 3.8) is 0 Å². The minimum absolute atomic E-state index is 0.0927. The Morgan fingerprint density at radius 3 is 2.37 bits per heavy atom. The van der Waals surface area contributed by atoms with Gasteiger partial charge in [-0.15, -0.1) is 0 Å². The second-order valence-electron chi connectivity index (χ2n) is 7.98. The highest BCUT2D eigenvalue weighted by Gasteiger charge is 2.44. The Morgan fingerprint density at radius 1 is 1.04 bits per heavy atom. The predicted octanol–water partition coefficient (Wildman–Crippen LogP) is 5.12. The third-order valence-electron chi connectivity index (χ3n) is 6.01. The Hall–Kier alpha value is -1.78. The summed E-state index contributed by atoms with van der Waals surface area (Å²) in [6.07, 6.45) is 4.44. The first kappa shape index (κ1) is 20.0. The van der Waals surface area contributed by atoms with Crippen LogP contribution in [0.15, 0.2) is 48.5 Å². The van der Waals surface area contributed by atoms with E-state index in [4.69, 9.17) is 0 Å². The Labute approximate surface area is 160 Å². The van der Waals surface area contributed by atoms with Gasteiger partial charge in [0.15, 0.2) is 0 Å². The van der Waals surface area contributed by atoms with Crippen LogP contribution in [0, 0.1) is 17.6 Å². The number of aliphatic hydroxyl groups is 1. The van der Waals surface area contributed by atoms with Crippen molar-refractivity contribution in [1.82, 2.24) is 4.90 Å². The molecule has 1 fully saturated rings. The zero-order chi connectivity index (χ0) is 19.4. The first-order chi connectivity index (χ1) is 12.9. The van der Waals surface area contributed by atoms with Crippen molar-refractivity contribution in [2.45, 2.75) is 50.2 Å². The Bertz CT molecular complexity index is 764. The van der Waals surface area contributed by atoms with Crippen LogP contribution in [0.2, 0.25) is 0 Å². The average Bonchev–Trinajstić information content (AvgIpc) is 2.64. The molecule has 0 spiro atoms. The van der Waals surface area contributed by atoms with Gasteiger partial charge < -0.3 is 10.0 Å². The van der Waals surface area contributed by atoms with Crippen LogP contribution >= 0.6 is 0 Å². The monoisotopic (exact) mass is 373 g/mol. The van der Waals surface area contributed by atoms with Gasteiger partial charge in [-0.3, -0.25) is 0 Å². The fourth-order valence-electron chi connectivity index (χ4n) is 4.63. The van der Waals surface area contributed by atoms with Gasteiger partial charge in [0.05, 0.1) is 5.60 Å². The molecule has 1 aliphatic rings. The summed E-state index contributed by atoms with van der Waals surface area (Å²) in [5.41, 5.74) is 0.318. The van der Waals surface area contributed by atoms with Gasteiger partial charge in [0, 0.05) is 17.5 Å². The zero-order valence-electron chi connectivity index (χ0n) is 16.2. The molecule has 0 aliphatic heterocycles. The quantitative estimate of drug-likeness (QED) is 0.759. The number of aryl methyl sites for hydroxylation is 1. The Kier molecular flexibility index (Phi) is 6.28. The highest BCUT2D eigenvalue weighted by molar-refractivity contribution is 5.24. The molecule has 0 bridgehead atoms. The van der Waals surface area contributed by atoms with Crippen molar-refractivity contribution in [1.29, 1.82) is 0 Å². The third kappa shape index (κ3) is 4.39. The topological polar surface area (TPSA) is 23.5 Å². The zero-order valence-corrected chi connectivity index (χ0v) is 16.2. The summed E-state index contributed by atoms with van der Waals surface area (Å²) in [5.74, 6) is -0.560. The lowest BCUT2D eigenvalue weighted by Crippen LogP contribution is -2.47. The van der Waals surface area contributed by atoms with Gasteiger partial charge in [0.2, 0.25) is 0 Å². The minimum atomic E-state index is -0.933. The number of nitrogens with zero attached hydrogens (tertiary/aromatic N) is 1. The maximum absolute atomic E-state index is 14.6. The molecular weight excluding hydrogens is 344 g/mol. The van der Waals surface area contributed by atoms with Crippen LogP contribution in [0.5, 0.6) is 0 Å². The van der Waals surface area contributed by atoms with Crippen molar-refractivity contribution in [2.24, 2.45) is 5.92 Å². The average molecular weight is 373 g/mol. The van der Waals surface area contributed by atoms with Gasteiger partial charge in [0.1, 0.15) is 11.6 Å². The molecule has 4 heteroatoms. The van der Waals surface area contributed by atoms with E-state index in [1.165, 1.54) is 12.1 Å². The number of hydrogen-bond acceptors (Lipinski definition) is 2. The molecule has 0 amide bonds. The van der Waals surface area contributed by atoms with E-state index in [1.807, 2.05) is 37.2 Å². The van der Waals surface area contributed by atoms with Gasteiger partial charge in [0.25, 0.3) is 0 Å². The second-order valence-corrected chi connectivity index (χ2v) is 7.98. The molecule has 0 heterocycles. The summed E-state index contributed by atoms with van der Waals surface area (Å²) in [7, 11) is 3.87. The molecule has 1 saturated carbocycles. The molecule has 0 aromatic heterocycles. The minimum Gasteiger partial charge on any atom is -0.390 e. The maximum atomic E-state index is 14.6. The van der Waals surface area contributed by atoms with Crippen LogP contribution in [0.4, 0.5) is 8.78 Å². The summed E-state index contributed by atoms with van der Waals surface area (Å²) in [4.78, 5) is 2.00. The SMILES string of the molecule is CN(C)C(c1ccccc1F)C1CCCCC1(O)CCc1ccccc1F. The first-order valence-corrected chi connectivity index (χ1v) is 9.79. The molecule has 0 radical (unpaired) electrons. The molecule has 0 saturated heterocycles. The summed E-state index contributed by atoms with van der Waals surface area (Å²) in [6, 6.07) is 13.3. The summed E-state index contributed by atoms with van der Waals surface area (Å²) in [5, 5.41) is 11.6. The standard InChI is InChI=1S/C23H29F2NO/c1-26(2)22(18-10-4-6-13-21(18)25)19-11-7-8-15-23(19,27)16-14-17-9-3-5-12-20(17)24/h3-6,9-10,12-13,19,22,27H,7-8,11,14-16H2,1-2H3. The molecule has 3 atom stereocenters. The number of rotatable bonds is 6.